The summed E-state index contributed by atoms with van der Waals surface area (Å²) in [7, 11) is 1.90. The van der Waals surface area contributed by atoms with Crippen LogP contribution in [0.15, 0.2) is 46.5 Å². The van der Waals surface area contributed by atoms with Crippen LogP contribution in [0.25, 0.3) is 5.57 Å². The van der Waals surface area contributed by atoms with Crippen LogP contribution >= 0.6 is 0 Å². The summed E-state index contributed by atoms with van der Waals surface area (Å²) in [5.74, 6) is 0.783. The molecule has 1 N–H and O–H groups in total. The molecule has 1 aliphatic rings. The van der Waals surface area contributed by atoms with Crippen molar-refractivity contribution in [3.05, 3.63) is 42.2 Å². The SMILES string of the molecule is CCN(C)/N=C\CN(/C=C\C=O)/N=C/CC1=CC(c2ncn[nH]2)=CCC1. The van der Waals surface area contributed by atoms with E-state index in [9.17, 15) is 4.79 Å². The molecular weight excluding hydrogens is 330 g/mol. The van der Waals surface area contributed by atoms with Gasteiger partial charge in [-0.2, -0.15) is 15.3 Å². The molecule has 1 aromatic heterocycles. The van der Waals surface area contributed by atoms with Gasteiger partial charge in [-0.1, -0.05) is 17.7 Å². The Kier molecular flexibility index (Phi) is 7.98. The predicted molar refractivity (Wildman–Crippen MR) is 103 cm³/mol. The number of rotatable bonds is 10. The van der Waals surface area contributed by atoms with Crippen LogP contribution in [0.4, 0.5) is 0 Å². The minimum Gasteiger partial charge on any atom is -0.301 e. The number of hydrazone groups is 2. The van der Waals surface area contributed by atoms with Gasteiger partial charge < -0.3 is 5.01 Å². The van der Waals surface area contributed by atoms with E-state index in [4.69, 9.17) is 0 Å². The van der Waals surface area contributed by atoms with Crippen molar-refractivity contribution in [3.63, 3.8) is 0 Å². The van der Waals surface area contributed by atoms with Crippen LogP contribution in [0.5, 0.6) is 0 Å². The molecule has 1 aromatic rings. The highest BCUT2D eigenvalue weighted by Crippen LogP contribution is 2.24. The summed E-state index contributed by atoms with van der Waals surface area (Å²) in [6.07, 6.45) is 15.9. The minimum absolute atomic E-state index is 0.493. The van der Waals surface area contributed by atoms with Gasteiger partial charge in [0.2, 0.25) is 0 Å². The lowest BCUT2D eigenvalue weighted by atomic mass is 9.97. The Morgan fingerprint density at radius 1 is 1.35 bits per heavy atom. The number of carbonyl (C=O) groups excluding carboxylic acids is 1. The second kappa shape index (κ2) is 10.8. The normalized spacial score (nSPS) is 14.8. The van der Waals surface area contributed by atoms with Gasteiger partial charge in [0.15, 0.2) is 5.82 Å². The molecule has 26 heavy (non-hydrogen) atoms. The van der Waals surface area contributed by atoms with Crippen molar-refractivity contribution in [3.8, 4) is 0 Å². The van der Waals surface area contributed by atoms with Crippen LogP contribution in [-0.2, 0) is 4.79 Å². The van der Waals surface area contributed by atoms with Gasteiger partial charge in [0.25, 0.3) is 0 Å². The Bertz CT molecular complexity index is 701. The maximum absolute atomic E-state index is 10.6. The summed E-state index contributed by atoms with van der Waals surface area (Å²) < 4.78 is 0. The molecular formula is C18H25N7O. The first-order valence-electron chi connectivity index (χ1n) is 8.63. The van der Waals surface area contributed by atoms with Crippen LogP contribution in [0.3, 0.4) is 0 Å². The highest BCUT2D eigenvalue weighted by Gasteiger charge is 2.08. The molecule has 0 saturated heterocycles. The number of aromatic amines is 1. The first-order chi connectivity index (χ1) is 12.7. The fourth-order valence-electron chi connectivity index (χ4n) is 2.32. The number of aromatic nitrogens is 3. The number of hydrogen-bond acceptors (Lipinski definition) is 7. The Morgan fingerprint density at radius 2 is 2.23 bits per heavy atom. The topological polar surface area (TPSA) is 89.8 Å². The maximum atomic E-state index is 10.6. The second-order valence-corrected chi connectivity index (χ2v) is 5.71. The van der Waals surface area contributed by atoms with Crippen LogP contribution in [-0.4, -0.2) is 64.1 Å². The van der Waals surface area contributed by atoms with Crippen LogP contribution < -0.4 is 0 Å². The number of aldehydes is 1. The fraction of sp³-hybridized carbons (Fsp3) is 0.389. The molecule has 0 radical (unpaired) electrons. The molecule has 0 spiro atoms. The Balaban J connectivity index is 1.94. The van der Waals surface area contributed by atoms with Crippen molar-refractivity contribution >= 4 is 24.3 Å². The quantitative estimate of drug-likeness (QED) is 0.301. The van der Waals surface area contributed by atoms with Crippen molar-refractivity contribution in [2.24, 2.45) is 10.2 Å². The molecule has 8 heteroatoms. The molecule has 8 nitrogen and oxygen atoms in total. The first kappa shape index (κ1) is 19.3. The molecule has 1 aliphatic carbocycles. The van der Waals surface area contributed by atoms with Crippen LogP contribution in [0.1, 0.15) is 32.0 Å². The molecule has 138 valence electrons. The van der Waals surface area contributed by atoms with Crippen LogP contribution in [0.2, 0.25) is 0 Å². The molecule has 0 saturated carbocycles. The van der Waals surface area contributed by atoms with Gasteiger partial charge in [0.05, 0.1) is 6.54 Å². The third-order valence-corrected chi connectivity index (χ3v) is 3.80. The highest BCUT2D eigenvalue weighted by molar-refractivity contribution is 5.73. The fourth-order valence-corrected chi connectivity index (χ4v) is 2.32. The van der Waals surface area contributed by atoms with Gasteiger partial charge in [-0.25, -0.2) is 4.98 Å². The average molecular weight is 355 g/mol. The largest absolute Gasteiger partial charge is 0.301 e. The van der Waals surface area contributed by atoms with Crippen molar-refractivity contribution in [1.29, 1.82) is 0 Å². The number of carbonyl (C=O) groups is 1. The average Bonchev–Trinajstić information content (AvgIpc) is 3.20. The molecule has 0 aliphatic heterocycles. The minimum atomic E-state index is 0.493. The van der Waals surface area contributed by atoms with Gasteiger partial charge in [-0.05, 0) is 25.8 Å². The van der Waals surface area contributed by atoms with Gasteiger partial charge >= 0.3 is 0 Å². The molecule has 0 fully saturated rings. The standard InChI is InChI=1S/C18H25N7O/c1-3-24(2)21-10-12-25(11-5-13-26)22-9-8-16-6-4-7-17(14-16)18-19-15-20-23-18/h5,7,9-11,13-15H,3-4,6,8,12H2,1-2H3,(H,19,20,23)/b11-5-,21-10-,22-9+. The molecule has 0 unspecified atom stereocenters. The first-order valence-corrected chi connectivity index (χ1v) is 8.63. The lowest BCUT2D eigenvalue weighted by Gasteiger charge is -2.14. The summed E-state index contributed by atoms with van der Waals surface area (Å²) in [4.78, 5) is 14.8. The summed E-state index contributed by atoms with van der Waals surface area (Å²) in [6, 6.07) is 0. The third kappa shape index (κ3) is 6.46. The molecule has 0 amide bonds. The zero-order chi connectivity index (χ0) is 18.6. The summed E-state index contributed by atoms with van der Waals surface area (Å²) in [5, 5.41) is 19.0. The lowest BCUT2D eigenvalue weighted by Crippen LogP contribution is -2.16. The third-order valence-electron chi connectivity index (χ3n) is 3.80. The van der Waals surface area contributed by atoms with E-state index >= 15 is 0 Å². The smallest absolute Gasteiger partial charge is 0.155 e. The van der Waals surface area contributed by atoms with Gasteiger partial charge in [0, 0.05) is 44.2 Å². The molecule has 0 bridgehead atoms. The number of H-pyrrole nitrogens is 1. The summed E-state index contributed by atoms with van der Waals surface area (Å²) in [6.45, 7) is 3.35. The molecule has 1 heterocycles. The van der Waals surface area contributed by atoms with E-state index < -0.39 is 0 Å². The van der Waals surface area contributed by atoms with E-state index in [1.807, 2.05) is 25.2 Å². The van der Waals surface area contributed by atoms with E-state index in [1.54, 1.807) is 17.4 Å². The number of nitrogens with zero attached hydrogens (tertiary/aromatic N) is 6. The maximum Gasteiger partial charge on any atom is 0.155 e. The van der Waals surface area contributed by atoms with Crippen molar-refractivity contribution in [2.45, 2.75) is 26.2 Å². The predicted octanol–water partition coefficient (Wildman–Crippen LogP) is 2.24. The van der Waals surface area contributed by atoms with E-state index in [-0.39, 0.29) is 0 Å². The van der Waals surface area contributed by atoms with E-state index in [1.165, 1.54) is 18.0 Å². The van der Waals surface area contributed by atoms with Crippen molar-refractivity contribution < 1.29 is 4.79 Å². The summed E-state index contributed by atoms with van der Waals surface area (Å²) in [5.41, 5.74) is 2.34. The molecule has 0 aromatic carbocycles. The van der Waals surface area contributed by atoms with Crippen LogP contribution in [0, 0.1) is 0 Å². The lowest BCUT2D eigenvalue weighted by molar-refractivity contribution is -0.104. The zero-order valence-electron chi connectivity index (χ0n) is 15.2. The van der Waals surface area contributed by atoms with Gasteiger partial charge in [-0.15, -0.1) is 0 Å². The van der Waals surface area contributed by atoms with Crippen molar-refractivity contribution in [2.75, 3.05) is 20.1 Å². The van der Waals surface area contributed by atoms with Gasteiger partial charge in [-0.3, -0.25) is 14.9 Å². The van der Waals surface area contributed by atoms with E-state index in [0.717, 1.165) is 43.5 Å². The molecule has 2 rings (SSSR count). The number of hydrogen-bond donors (Lipinski definition) is 1. The number of allylic oxidation sites excluding steroid dienone is 5. The Hall–Kier alpha value is -3.03. The van der Waals surface area contributed by atoms with Gasteiger partial charge in [0.1, 0.15) is 12.6 Å². The number of nitrogens with one attached hydrogen (secondary N) is 1. The molecule has 0 atom stereocenters. The zero-order valence-corrected chi connectivity index (χ0v) is 15.2. The highest BCUT2D eigenvalue weighted by atomic mass is 16.1. The van der Waals surface area contributed by atoms with Crippen molar-refractivity contribution in [1.82, 2.24) is 25.2 Å². The van der Waals surface area contributed by atoms with E-state index in [2.05, 4.69) is 37.5 Å². The Labute approximate surface area is 153 Å². The Morgan fingerprint density at radius 3 is 2.96 bits per heavy atom. The second-order valence-electron chi connectivity index (χ2n) is 5.71. The summed E-state index contributed by atoms with van der Waals surface area (Å²) >= 11 is 0. The van der Waals surface area contributed by atoms with E-state index in [0.29, 0.717) is 6.54 Å². The monoisotopic (exact) mass is 355 g/mol.